The van der Waals surface area contributed by atoms with E-state index in [2.05, 4.69) is 0 Å². The predicted molar refractivity (Wildman–Crippen MR) is 30.2 cm³/mol. The van der Waals surface area contributed by atoms with Crippen LogP contribution in [-0.4, -0.2) is 11.3 Å². The lowest BCUT2D eigenvalue weighted by Gasteiger charge is -1.96. The summed E-state index contributed by atoms with van der Waals surface area (Å²) < 4.78 is 0. The fourth-order valence-electron chi connectivity index (χ4n) is 0.325. The van der Waals surface area contributed by atoms with E-state index in [1.54, 1.807) is 0 Å². The molecule has 47 valence electrons. The van der Waals surface area contributed by atoms with Crippen LogP contribution in [0.5, 0.6) is 0 Å². The summed E-state index contributed by atoms with van der Waals surface area (Å²) in [5.41, 5.74) is 0. The smallest absolute Gasteiger partial charge is 0.247 e. The van der Waals surface area contributed by atoms with Gasteiger partial charge in [-0.25, -0.2) is 9.90 Å². The summed E-state index contributed by atoms with van der Waals surface area (Å²) in [5.74, 6) is -1.08. The minimum Gasteiger partial charge on any atom is -0.247 e. The number of hydrogen-bond acceptors (Lipinski definition) is 1. The zero-order valence-electron chi connectivity index (χ0n) is 4.69. The Hall–Kier alpha value is -0.240. The summed E-state index contributed by atoms with van der Waals surface area (Å²) in [5, 5.41) is 9.51. The summed E-state index contributed by atoms with van der Waals surface area (Å²) in [6, 6.07) is 0. The monoisotopic (exact) mass is 135 g/mol. The molecule has 0 aromatic carbocycles. The van der Waals surface area contributed by atoms with Gasteiger partial charge in [-0.15, -0.1) is 11.6 Å². The Balaban J connectivity index is 3.24. The Morgan fingerprint density at radius 3 is 2.38 bits per heavy atom. The van der Waals surface area contributed by atoms with Gasteiger partial charge in [0, 0.05) is 5.38 Å². The van der Waals surface area contributed by atoms with Crippen LogP contribution >= 0.6 is 11.6 Å². The Morgan fingerprint density at radius 1 is 1.75 bits per heavy atom. The second-order valence-electron chi connectivity index (χ2n) is 1.58. The first-order valence-corrected chi connectivity index (χ1v) is 2.94. The fraction of sp³-hybridized carbons (Fsp3) is 0.800. The van der Waals surface area contributed by atoms with E-state index >= 15 is 0 Å². The first-order chi connectivity index (χ1) is 3.66. The van der Waals surface area contributed by atoms with Crippen molar-refractivity contribution in [3.63, 3.8) is 0 Å². The highest BCUT2D eigenvalue weighted by Crippen LogP contribution is 2.05. The standard InChI is InChI=1S/C5H8ClO2/c1-2-4(6)3-5(7)8/h4H,2-3H2,1H3. The second kappa shape index (κ2) is 3.72. The van der Waals surface area contributed by atoms with Gasteiger partial charge in [0.15, 0.2) is 0 Å². The minimum atomic E-state index is -1.08. The van der Waals surface area contributed by atoms with Gasteiger partial charge in [-0.1, -0.05) is 6.92 Å². The molecule has 1 unspecified atom stereocenters. The van der Waals surface area contributed by atoms with Gasteiger partial charge in [-0.3, -0.25) is 0 Å². The number of halogens is 1. The van der Waals surface area contributed by atoms with Crippen molar-refractivity contribution in [3.05, 3.63) is 0 Å². The van der Waals surface area contributed by atoms with Crippen LogP contribution in [-0.2, 0) is 9.90 Å². The molecule has 0 bridgehead atoms. The van der Waals surface area contributed by atoms with Gasteiger partial charge in [0.2, 0.25) is 0 Å². The molecule has 0 N–H and O–H groups in total. The maximum atomic E-state index is 9.77. The molecule has 0 aliphatic rings. The second-order valence-corrected chi connectivity index (χ2v) is 2.20. The van der Waals surface area contributed by atoms with Crippen molar-refractivity contribution < 1.29 is 9.90 Å². The van der Waals surface area contributed by atoms with Crippen molar-refractivity contribution in [2.45, 2.75) is 25.1 Å². The van der Waals surface area contributed by atoms with Crippen LogP contribution < -0.4 is 0 Å². The van der Waals surface area contributed by atoms with E-state index in [1.807, 2.05) is 6.92 Å². The van der Waals surface area contributed by atoms with Gasteiger partial charge >= 0.3 is 5.97 Å². The molecular weight excluding hydrogens is 128 g/mol. The summed E-state index contributed by atoms with van der Waals surface area (Å²) >= 11 is 5.44. The fourth-order valence-corrected chi connectivity index (χ4v) is 0.451. The molecule has 0 aromatic heterocycles. The van der Waals surface area contributed by atoms with E-state index < -0.39 is 5.97 Å². The van der Waals surface area contributed by atoms with Crippen LogP contribution in [0.15, 0.2) is 0 Å². The van der Waals surface area contributed by atoms with Gasteiger partial charge in [0.1, 0.15) is 0 Å². The Morgan fingerprint density at radius 2 is 2.25 bits per heavy atom. The van der Waals surface area contributed by atoms with Crippen LogP contribution in [0, 0.1) is 0 Å². The van der Waals surface area contributed by atoms with Gasteiger partial charge in [-0.05, 0) is 6.42 Å². The first-order valence-electron chi connectivity index (χ1n) is 2.50. The maximum Gasteiger partial charge on any atom is 0.357 e. The SMILES string of the molecule is CCC(Cl)CC([O])=O. The van der Waals surface area contributed by atoms with Crippen molar-refractivity contribution in [1.82, 2.24) is 0 Å². The number of carbonyl (C=O) groups is 1. The van der Waals surface area contributed by atoms with Gasteiger partial charge in [0.05, 0.1) is 6.42 Å². The molecule has 2 nitrogen and oxygen atoms in total. The molecule has 0 rings (SSSR count). The molecule has 0 aromatic rings. The zero-order chi connectivity index (χ0) is 6.57. The summed E-state index contributed by atoms with van der Waals surface area (Å²) in [6.45, 7) is 1.83. The van der Waals surface area contributed by atoms with Crippen molar-refractivity contribution in [1.29, 1.82) is 0 Å². The quantitative estimate of drug-likeness (QED) is 0.539. The zero-order valence-corrected chi connectivity index (χ0v) is 5.44. The molecule has 0 heterocycles. The maximum absolute atomic E-state index is 9.77. The molecule has 0 saturated carbocycles. The van der Waals surface area contributed by atoms with E-state index in [0.717, 1.165) is 0 Å². The van der Waals surface area contributed by atoms with Crippen LogP contribution in [0.2, 0.25) is 0 Å². The van der Waals surface area contributed by atoms with E-state index in [1.165, 1.54) is 0 Å². The van der Waals surface area contributed by atoms with Crippen LogP contribution in [0.25, 0.3) is 0 Å². The van der Waals surface area contributed by atoms with Crippen LogP contribution in [0.4, 0.5) is 0 Å². The van der Waals surface area contributed by atoms with E-state index in [0.29, 0.717) is 6.42 Å². The first kappa shape index (κ1) is 7.76. The van der Waals surface area contributed by atoms with Crippen molar-refractivity contribution in [2.24, 2.45) is 0 Å². The summed E-state index contributed by atoms with van der Waals surface area (Å²) in [4.78, 5) is 9.77. The third-order valence-electron chi connectivity index (χ3n) is 0.831. The Bertz CT molecular complexity index is 82.5. The molecule has 0 saturated heterocycles. The van der Waals surface area contributed by atoms with Crippen LogP contribution in [0.1, 0.15) is 19.8 Å². The average molecular weight is 136 g/mol. The minimum absolute atomic E-state index is 0.0436. The molecular formula is C5H8ClO2. The third kappa shape index (κ3) is 3.93. The number of rotatable bonds is 3. The summed E-state index contributed by atoms with van der Waals surface area (Å²) in [7, 11) is 0. The highest BCUT2D eigenvalue weighted by Gasteiger charge is 2.07. The summed E-state index contributed by atoms with van der Waals surface area (Å²) in [6.07, 6.45) is 0.633. The molecule has 0 fully saturated rings. The van der Waals surface area contributed by atoms with Gasteiger partial charge in [0.25, 0.3) is 0 Å². The third-order valence-corrected chi connectivity index (χ3v) is 1.29. The predicted octanol–water partition coefficient (Wildman–Crippen LogP) is 1.35. The molecule has 0 spiro atoms. The van der Waals surface area contributed by atoms with Gasteiger partial charge in [-0.2, -0.15) is 0 Å². The van der Waals surface area contributed by atoms with E-state index in [9.17, 15) is 9.90 Å². The topological polar surface area (TPSA) is 37.0 Å². The lowest BCUT2D eigenvalue weighted by atomic mass is 10.2. The Kier molecular flexibility index (Phi) is 3.61. The van der Waals surface area contributed by atoms with E-state index in [4.69, 9.17) is 11.6 Å². The number of hydrogen-bond donors (Lipinski definition) is 0. The largest absolute Gasteiger partial charge is 0.357 e. The molecule has 0 aliphatic carbocycles. The number of alkyl halides is 1. The molecule has 0 amide bonds. The average Bonchev–Trinajstić information content (AvgIpc) is 1.65. The van der Waals surface area contributed by atoms with Crippen molar-refractivity contribution in [3.8, 4) is 0 Å². The van der Waals surface area contributed by atoms with Gasteiger partial charge < -0.3 is 0 Å². The van der Waals surface area contributed by atoms with Crippen molar-refractivity contribution >= 4 is 17.6 Å². The Labute approximate surface area is 53.5 Å². The van der Waals surface area contributed by atoms with Crippen LogP contribution in [0.3, 0.4) is 0 Å². The lowest BCUT2D eigenvalue weighted by molar-refractivity contribution is -0.143. The normalized spacial score (nSPS) is 13.2. The van der Waals surface area contributed by atoms with Crippen molar-refractivity contribution in [2.75, 3.05) is 0 Å². The molecule has 1 radical (unpaired) electrons. The number of carbonyl (C=O) groups excluding carboxylic acids is 1. The molecule has 8 heavy (non-hydrogen) atoms. The molecule has 3 heteroatoms. The molecule has 0 aliphatic heterocycles. The van der Waals surface area contributed by atoms with E-state index in [-0.39, 0.29) is 11.8 Å². The molecule has 1 atom stereocenters. The highest BCUT2D eigenvalue weighted by atomic mass is 35.5. The lowest BCUT2D eigenvalue weighted by Crippen LogP contribution is -2.03. The highest BCUT2D eigenvalue weighted by molar-refractivity contribution is 6.21.